The summed E-state index contributed by atoms with van der Waals surface area (Å²) < 4.78 is 3.27. The van der Waals surface area contributed by atoms with Crippen LogP contribution >= 0.6 is 11.3 Å². The molecular weight excluding hydrogens is 426 g/mol. The molecule has 5 heteroatoms. The van der Waals surface area contributed by atoms with Gasteiger partial charge in [0.1, 0.15) is 0 Å². The largest absolute Gasteiger partial charge is 0.319 e. The molecule has 164 valence electrons. The second-order valence-electron chi connectivity index (χ2n) is 8.15. The summed E-state index contributed by atoms with van der Waals surface area (Å²) in [6.07, 6.45) is 0.766. The first-order chi connectivity index (χ1) is 16.1. The molecule has 0 radical (unpaired) electrons. The number of aryl methyl sites for hydroxylation is 2. The van der Waals surface area contributed by atoms with Gasteiger partial charge in [0.15, 0.2) is 5.13 Å². The predicted octanol–water partition coefficient (Wildman–Crippen LogP) is 6.59. The third-order valence-corrected chi connectivity index (χ3v) is 6.93. The number of para-hydroxylation sites is 1. The van der Waals surface area contributed by atoms with E-state index in [-0.39, 0.29) is 5.91 Å². The third-order valence-electron chi connectivity index (χ3n) is 5.87. The summed E-state index contributed by atoms with van der Waals surface area (Å²) in [5, 5.41) is 0.735. The second kappa shape index (κ2) is 9.04. The molecule has 0 saturated heterocycles. The quantitative estimate of drug-likeness (QED) is 0.292. The van der Waals surface area contributed by atoms with Crippen molar-refractivity contribution in [3.05, 3.63) is 114 Å². The highest BCUT2D eigenvalue weighted by Crippen LogP contribution is 2.30. The Morgan fingerprint density at radius 3 is 2.21 bits per heavy atom. The van der Waals surface area contributed by atoms with Crippen molar-refractivity contribution in [2.24, 2.45) is 0 Å². The van der Waals surface area contributed by atoms with Crippen molar-refractivity contribution < 1.29 is 4.79 Å². The molecule has 0 bridgehead atoms. The van der Waals surface area contributed by atoms with E-state index >= 15 is 0 Å². The SMILES string of the molecule is Cc1ccc(C)n1-c1ccc(C(=O)N(CCc2ccccc2)c2nc3ccccc3s2)cc1. The molecule has 0 aliphatic carbocycles. The van der Waals surface area contributed by atoms with Crippen molar-refractivity contribution in [2.45, 2.75) is 20.3 Å². The van der Waals surface area contributed by atoms with E-state index in [2.05, 4.69) is 42.7 Å². The molecule has 2 aromatic heterocycles. The summed E-state index contributed by atoms with van der Waals surface area (Å²) in [5.74, 6) is -0.0301. The number of rotatable bonds is 6. The minimum atomic E-state index is -0.0301. The van der Waals surface area contributed by atoms with Gasteiger partial charge in [0.25, 0.3) is 5.91 Å². The fraction of sp³-hybridized carbons (Fsp3) is 0.143. The van der Waals surface area contributed by atoms with Crippen molar-refractivity contribution in [3.8, 4) is 5.69 Å². The van der Waals surface area contributed by atoms with Gasteiger partial charge < -0.3 is 4.57 Å². The van der Waals surface area contributed by atoms with Crippen LogP contribution in [0, 0.1) is 13.8 Å². The summed E-state index contributed by atoms with van der Waals surface area (Å²) >= 11 is 1.56. The molecule has 33 heavy (non-hydrogen) atoms. The van der Waals surface area contributed by atoms with Gasteiger partial charge in [-0.15, -0.1) is 0 Å². The van der Waals surface area contributed by atoms with Crippen LogP contribution in [-0.4, -0.2) is 22.0 Å². The first kappa shape index (κ1) is 21.2. The van der Waals surface area contributed by atoms with Crippen molar-refractivity contribution in [3.63, 3.8) is 0 Å². The van der Waals surface area contributed by atoms with E-state index in [4.69, 9.17) is 4.98 Å². The van der Waals surface area contributed by atoms with E-state index in [1.54, 1.807) is 11.3 Å². The number of aromatic nitrogens is 2. The summed E-state index contributed by atoms with van der Waals surface area (Å²) in [7, 11) is 0. The van der Waals surface area contributed by atoms with E-state index in [1.807, 2.05) is 71.6 Å². The number of nitrogens with zero attached hydrogens (tertiary/aromatic N) is 3. The van der Waals surface area contributed by atoms with Gasteiger partial charge in [-0.2, -0.15) is 0 Å². The van der Waals surface area contributed by atoms with Gasteiger partial charge in [-0.3, -0.25) is 9.69 Å². The summed E-state index contributed by atoms with van der Waals surface area (Å²) in [4.78, 5) is 20.3. The van der Waals surface area contributed by atoms with Crippen LogP contribution in [0.15, 0.2) is 91.0 Å². The van der Waals surface area contributed by atoms with Crippen molar-refractivity contribution in [2.75, 3.05) is 11.4 Å². The second-order valence-corrected chi connectivity index (χ2v) is 9.16. The van der Waals surface area contributed by atoms with E-state index in [1.165, 1.54) is 17.0 Å². The third kappa shape index (κ3) is 4.32. The fourth-order valence-corrected chi connectivity index (χ4v) is 5.12. The Morgan fingerprint density at radius 2 is 1.52 bits per heavy atom. The van der Waals surface area contributed by atoms with Gasteiger partial charge in [-0.05, 0) is 74.4 Å². The maximum absolute atomic E-state index is 13.7. The molecule has 0 unspecified atom stereocenters. The lowest BCUT2D eigenvalue weighted by molar-refractivity contribution is 0.0987. The van der Waals surface area contributed by atoms with Crippen molar-refractivity contribution in [1.82, 2.24) is 9.55 Å². The minimum absolute atomic E-state index is 0.0301. The topological polar surface area (TPSA) is 38.1 Å². The zero-order chi connectivity index (χ0) is 22.8. The molecule has 4 nitrogen and oxygen atoms in total. The molecular formula is C28H25N3OS. The average Bonchev–Trinajstić information content (AvgIpc) is 3.42. The Hall–Kier alpha value is -3.70. The fourth-order valence-electron chi connectivity index (χ4n) is 4.13. The molecule has 2 heterocycles. The van der Waals surface area contributed by atoms with Gasteiger partial charge >= 0.3 is 0 Å². The first-order valence-electron chi connectivity index (χ1n) is 11.1. The van der Waals surface area contributed by atoms with Crippen LogP contribution < -0.4 is 4.90 Å². The monoisotopic (exact) mass is 451 g/mol. The number of thiazole rings is 1. The zero-order valence-corrected chi connectivity index (χ0v) is 19.5. The number of carbonyl (C=O) groups excluding carboxylic acids is 1. The summed E-state index contributed by atoms with van der Waals surface area (Å²) in [6, 6.07) is 30.4. The van der Waals surface area contributed by atoms with Crippen LogP contribution in [0.2, 0.25) is 0 Å². The molecule has 0 aliphatic rings. The van der Waals surface area contributed by atoms with Crippen LogP contribution in [-0.2, 0) is 6.42 Å². The molecule has 5 aromatic rings. The Kier molecular flexibility index (Phi) is 5.80. The van der Waals surface area contributed by atoms with Gasteiger partial charge in [0.2, 0.25) is 0 Å². The molecule has 0 atom stereocenters. The number of amides is 1. The maximum atomic E-state index is 13.7. The standard InChI is InChI=1S/C28H25N3OS/c1-20-12-13-21(2)31(20)24-16-14-23(15-17-24)27(32)30(19-18-22-8-4-3-5-9-22)28-29-25-10-6-7-11-26(25)33-28/h3-17H,18-19H2,1-2H3. The lowest BCUT2D eigenvalue weighted by Gasteiger charge is -2.20. The van der Waals surface area contributed by atoms with Crippen LogP contribution in [0.3, 0.4) is 0 Å². The van der Waals surface area contributed by atoms with E-state index in [9.17, 15) is 4.79 Å². The van der Waals surface area contributed by atoms with E-state index in [0.717, 1.165) is 27.5 Å². The Morgan fingerprint density at radius 1 is 0.848 bits per heavy atom. The van der Waals surface area contributed by atoms with Gasteiger partial charge in [-0.25, -0.2) is 4.98 Å². The Labute approximate surface area is 197 Å². The first-order valence-corrected chi connectivity index (χ1v) is 11.9. The molecule has 0 N–H and O–H groups in total. The number of carbonyl (C=O) groups is 1. The van der Waals surface area contributed by atoms with Crippen LogP contribution in [0.1, 0.15) is 27.3 Å². The minimum Gasteiger partial charge on any atom is -0.319 e. The molecule has 0 aliphatic heterocycles. The summed E-state index contributed by atoms with van der Waals surface area (Å²) in [5.41, 5.74) is 6.18. The zero-order valence-electron chi connectivity index (χ0n) is 18.7. The lowest BCUT2D eigenvalue weighted by atomic mass is 10.1. The molecule has 3 aromatic carbocycles. The van der Waals surface area contributed by atoms with Crippen LogP contribution in [0.4, 0.5) is 5.13 Å². The number of fused-ring (bicyclic) bond motifs is 1. The maximum Gasteiger partial charge on any atom is 0.260 e. The van der Waals surface area contributed by atoms with E-state index in [0.29, 0.717) is 12.1 Å². The number of benzene rings is 3. The number of anilines is 1. The molecule has 1 amide bonds. The highest BCUT2D eigenvalue weighted by Gasteiger charge is 2.21. The van der Waals surface area contributed by atoms with Crippen LogP contribution in [0.25, 0.3) is 15.9 Å². The highest BCUT2D eigenvalue weighted by molar-refractivity contribution is 7.22. The van der Waals surface area contributed by atoms with E-state index < -0.39 is 0 Å². The van der Waals surface area contributed by atoms with Crippen molar-refractivity contribution in [1.29, 1.82) is 0 Å². The summed E-state index contributed by atoms with van der Waals surface area (Å²) in [6.45, 7) is 4.75. The van der Waals surface area contributed by atoms with Crippen molar-refractivity contribution >= 4 is 32.6 Å². The number of hydrogen-bond donors (Lipinski definition) is 0. The van der Waals surface area contributed by atoms with Gasteiger partial charge in [-0.1, -0.05) is 53.8 Å². The molecule has 0 fully saturated rings. The normalized spacial score (nSPS) is 11.1. The Balaban J connectivity index is 1.46. The predicted molar refractivity (Wildman–Crippen MR) is 137 cm³/mol. The lowest BCUT2D eigenvalue weighted by Crippen LogP contribution is -2.32. The number of hydrogen-bond acceptors (Lipinski definition) is 3. The smallest absolute Gasteiger partial charge is 0.260 e. The highest BCUT2D eigenvalue weighted by atomic mass is 32.1. The Bertz CT molecular complexity index is 1350. The van der Waals surface area contributed by atoms with Crippen LogP contribution in [0.5, 0.6) is 0 Å². The molecule has 5 rings (SSSR count). The van der Waals surface area contributed by atoms with Gasteiger partial charge in [0, 0.05) is 29.2 Å². The van der Waals surface area contributed by atoms with Gasteiger partial charge in [0.05, 0.1) is 10.2 Å². The molecule has 0 saturated carbocycles. The molecule has 0 spiro atoms. The average molecular weight is 452 g/mol.